The zero-order chi connectivity index (χ0) is 8.55. The summed E-state index contributed by atoms with van der Waals surface area (Å²) in [5, 5.41) is 11.1. The van der Waals surface area contributed by atoms with Gasteiger partial charge >= 0.3 is 0 Å². The van der Waals surface area contributed by atoms with Gasteiger partial charge in [0.05, 0.1) is 5.56 Å². The second-order valence-corrected chi connectivity index (χ2v) is 2.73. The Labute approximate surface area is 70.5 Å². The second-order valence-electron chi connectivity index (χ2n) is 2.73. The molecule has 1 aliphatic rings. The molecule has 0 saturated carbocycles. The zero-order valence-electron chi connectivity index (χ0n) is 6.78. The number of benzene rings is 1. The summed E-state index contributed by atoms with van der Waals surface area (Å²) < 4.78 is 6.05. The van der Waals surface area contributed by atoms with Gasteiger partial charge in [-0.1, -0.05) is 12.1 Å². The molecule has 0 fully saturated rings. The average Bonchev–Trinajstić information content (AvgIpc) is 2.12. The van der Waals surface area contributed by atoms with Crippen LogP contribution in [0, 0.1) is 5.21 Å². The van der Waals surface area contributed by atoms with Crippen molar-refractivity contribution in [3.8, 4) is 5.75 Å². The van der Waals surface area contributed by atoms with Crippen LogP contribution in [-0.2, 0) is 0 Å². The molecule has 3 heteroatoms. The van der Waals surface area contributed by atoms with Gasteiger partial charge in [0.25, 0.3) is 6.73 Å². The summed E-state index contributed by atoms with van der Waals surface area (Å²) in [6.45, 7) is 1.90. The first kappa shape index (κ1) is 7.16. The van der Waals surface area contributed by atoms with Crippen molar-refractivity contribution in [3.63, 3.8) is 0 Å². The van der Waals surface area contributed by atoms with E-state index in [1.54, 1.807) is 6.92 Å². The van der Waals surface area contributed by atoms with Gasteiger partial charge < -0.3 is 9.94 Å². The maximum Gasteiger partial charge on any atom is 0.297 e. The number of hydroxylamine groups is 1. The molecule has 0 unspecified atom stereocenters. The van der Waals surface area contributed by atoms with Gasteiger partial charge in [0.2, 0.25) is 0 Å². The van der Waals surface area contributed by atoms with Crippen LogP contribution in [0.25, 0.3) is 0 Å². The lowest BCUT2D eigenvalue weighted by molar-refractivity contribution is -0.496. The normalized spacial score (nSPS) is 15.4. The summed E-state index contributed by atoms with van der Waals surface area (Å²) in [5.41, 5.74) is 1.61. The molecule has 3 nitrogen and oxygen atoms in total. The zero-order valence-corrected chi connectivity index (χ0v) is 6.78. The van der Waals surface area contributed by atoms with E-state index in [1.165, 1.54) is 0 Å². The molecule has 0 aromatic heterocycles. The molecule has 0 N–H and O–H groups in total. The molecule has 0 atom stereocenters. The molecule has 0 spiro atoms. The molecule has 12 heavy (non-hydrogen) atoms. The summed E-state index contributed by atoms with van der Waals surface area (Å²) in [4.78, 5) is 0. The lowest BCUT2D eigenvalue weighted by Crippen LogP contribution is -2.24. The minimum atomic E-state index is 0.100. The molecule has 62 valence electrons. The minimum absolute atomic E-state index is 0.100. The van der Waals surface area contributed by atoms with Gasteiger partial charge in [0.15, 0.2) is 5.71 Å². The number of hydrogen-bond donors (Lipinski definition) is 0. The first-order valence-corrected chi connectivity index (χ1v) is 3.79. The highest BCUT2D eigenvalue weighted by Crippen LogP contribution is 2.21. The van der Waals surface area contributed by atoms with Crippen molar-refractivity contribution in [1.29, 1.82) is 0 Å². The summed E-state index contributed by atoms with van der Waals surface area (Å²) in [5.74, 6) is 0.794. The summed E-state index contributed by atoms with van der Waals surface area (Å²) in [6, 6.07) is 7.54. The van der Waals surface area contributed by atoms with Gasteiger partial charge in [0, 0.05) is 6.92 Å². The third-order valence-electron chi connectivity index (χ3n) is 1.99. The fraction of sp³-hybridized carbons (Fsp3) is 0.222. The Kier molecular flexibility index (Phi) is 1.50. The van der Waals surface area contributed by atoms with Crippen molar-refractivity contribution in [2.24, 2.45) is 0 Å². The molecule has 0 saturated heterocycles. The highest BCUT2D eigenvalue weighted by atomic mass is 16.6. The van der Waals surface area contributed by atoms with Gasteiger partial charge in [-0.3, -0.25) is 0 Å². The number of nitrogens with zero attached hydrogens (tertiary/aromatic N) is 1. The van der Waals surface area contributed by atoms with Crippen LogP contribution in [0.5, 0.6) is 5.75 Å². The van der Waals surface area contributed by atoms with Crippen LogP contribution in [0.4, 0.5) is 0 Å². The van der Waals surface area contributed by atoms with E-state index in [0.717, 1.165) is 21.8 Å². The lowest BCUT2D eigenvalue weighted by atomic mass is 10.1. The first-order valence-electron chi connectivity index (χ1n) is 3.79. The van der Waals surface area contributed by atoms with Crippen LogP contribution in [0.3, 0.4) is 0 Å². The molecule has 1 aromatic carbocycles. The smallest absolute Gasteiger partial charge is 0.297 e. The average molecular weight is 163 g/mol. The number of hydrogen-bond acceptors (Lipinski definition) is 2. The van der Waals surface area contributed by atoms with E-state index in [1.807, 2.05) is 24.3 Å². The molecule has 0 amide bonds. The first-order chi connectivity index (χ1) is 5.79. The van der Waals surface area contributed by atoms with Crippen LogP contribution in [0.15, 0.2) is 24.3 Å². The number of rotatable bonds is 0. The lowest BCUT2D eigenvalue weighted by Gasteiger charge is -2.17. The monoisotopic (exact) mass is 163 g/mol. The Balaban J connectivity index is 2.59. The number of para-hydroxylation sites is 1. The van der Waals surface area contributed by atoms with Crippen molar-refractivity contribution in [1.82, 2.24) is 0 Å². The number of ether oxygens (including phenoxy) is 1. The van der Waals surface area contributed by atoms with Gasteiger partial charge in [-0.05, 0) is 12.1 Å². The van der Waals surface area contributed by atoms with Gasteiger partial charge in [-0.2, -0.15) is 4.74 Å². The van der Waals surface area contributed by atoms with Crippen molar-refractivity contribution >= 4 is 5.71 Å². The summed E-state index contributed by atoms with van der Waals surface area (Å²) in [6.07, 6.45) is 0. The molecule has 0 radical (unpaired) electrons. The Morgan fingerprint density at radius 1 is 1.42 bits per heavy atom. The van der Waals surface area contributed by atoms with E-state index in [4.69, 9.17) is 4.74 Å². The van der Waals surface area contributed by atoms with Crippen LogP contribution >= 0.6 is 0 Å². The van der Waals surface area contributed by atoms with E-state index >= 15 is 0 Å². The minimum Gasteiger partial charge on any atom is -0.621 e. The molecular formula is C9H9NO2. The molecule has 0 bridgehead atoms. The van der Waals surface area contributed by atoms with Gasteiger partial charge in [0.1, 0.15) is 5.75 Å². The van der Waals surface area contributed by atoms with E-state index in [2.05, 4.69) is 0 Å². The largest absolute Gasteiger partial charge is 0.621 e. The molecule has 2 rings (SSSR count). The van der Waals surface area contributed by atoms with Gasteiger partial charge in [-0.25, -0.2) is 0 Å². The third-order valence-corrected chi connectivity index (χ3v) is 1.99. The SMILES string of the molecule is CC1=[N+]([O-])COc2ccccc21. The maximum absolute atomic E-state index is 11.1. The Bertz CT molecular complexity index is 344. The fourth-order valence-corrected chi connectivity index (χ4v) is 1.25. The van der Waals surface area contributed by atoms with Crippen molar-refractivity contribution in [2.75, 3.05) is 6.73 Å². The van der Waals surface area contributed by atoms with Crippen molar-refractivity contribution in [3.05, 3.63) is 35.0 Å². The molecule has 0 aliphatic carbocycles. The maximum atomic E-state index is 11.1. The number of fused-ring (bicyclic) bond motifs is 1. The van der Waals surface area contributed by atoms with E-state index in [0.29, 0.717) is 0 Å². The van der Waals surface area contributed by atoms with Crippen molar-refractivity contribution < 1.29 is 9.48 Å². The Morgan fingerprint density at radius 3 is 3.00 bits per heavy atom. The fourth-order valence-electron chi connectivity index (χ4n) is 1.25. The quantitative estimate of drug-likeness (QED) is 0.427. The summed E-state index contributed by atoms with van der Waals surface area (Å²) >= 11 is 0. The highest BCUT2D eigenvalue weighted by Gasteiger charge is 2.18. The Hall–Kier alpha value is -1.51. The third kappa shape index (κ3) is 0.942. The predicted molar refractivity (Wildman–Crippen MR) is 45.3 cm³/mol. The van der Waals surface area contributed by atoms with Crippen LogP contribution in [0.2, 0.25) is 0 Å². The van der Waals surface area contributed by atoms with Gasteiger partial charge in [-0.15, -0.1) is 0 Å². The van der Waals surface area contributed by atoms with Crippen LogP contribution in [-0.4, -0.2) is 17.2 Å². The standard InChI is InChI=1S/C9H9NO2/c1-7-8-4-2-3-5-9(8)12-6-10(7)11/h2-5H,6H2,1H3. The summed E-state index contributed by atoms with van der Waals surface area (Å²) in [7, 11) is 0. The molecular weight excluding hydrogens is 154 g/mol. The Morgan fingerprint density at radius 2 is 2.17 bits per heavy atom. The second kappa shape index (κ2) is 2.52. The predicted octanol–water partition coefficient (Wildman–Crippen LogP) is 1.36. The van der Waals surface area contributed by atoms with Crippen molar-refractivity contribution in [2.45, 2.75) is 6.92 Å². The van der Waals surface area contributed by atoms with E-state index < -0.39 is 0 Å². The topological polar surface area (TPSA) is 35.3 Å². The van der Waals surface area contributed by atoms with Crippen LogP contribution in [0.1, 0.15) is 12.5 Å². The van der Waals surface area contributed by atoms with Crippen LogP contribution < -0.4 is 4.74 Å². The van der Waals surface area contributed by atoms with E-state index in [9.17, 15) is 5.21 Å². The molecule has 1 heterocycles. The highest BCUT2D eigenvalue weighted by molar-refractivity contribution is 5.97. The molecule has 1 aromatic rings. The van der Waals surface area contributed by atoms with E-state index in [-0.39, 0.29) is 6.73 Å². The molecule has 1 aliphatic heterocycles.